The number of amides is 1. The predicted octanol–water partition coefficient (Wildman–Crippen LogP) is 2.00. The van der Waals surface area contributed by atoms with Crippen LogP contribution in [0.2, 0.25) is 0 Å². The van der Waals surface area contributed by atoms with E-state index in [4.69, 9.17) is 10.5 Å². The Kier molecular flexibility index (Phi) is 4.22. The molecule has 0 saturated heterocycles. The molecule has 7 nitrogen and oxygen atoms in total. The van der Waals surface area contributed by atoms with E-state index in [1.54, 1.807) is 31.4 Å². The monoisotopic (exact) mass is 344 g/mol. The number of thiophene rings is 1. The average molecular weight is 344 g/mol. The number of ether oxygens (including phenoxy) is 1. The lowest BCUT2D eigenvalue weighted by Gasteiger charge is -2.09. The van der Waals surface area contributed by atoms with Crippen molar-refractivity contribution in [3.8, 4) is 5.75 Å². The van der Waals surface area contributed by atoms with Crippen LogP contribution in [0.15, 0.2) is 35.1 Å². The summed E-state index contributed by atoms with van der Waals surface area (Å²) in [6.07, 6.45) is 0. The quantitative estimate of drug-likeness (QED) is 0.754. The van der Waals surface area contributed by atoms with Crippen LogP contribution in [0.25, 0.3) is 10.2 Å². The molecule has 3 aromatic rings. The summed E-state index contributed by atoms with van der Waals surface area (Å²) in [7, 11) is 1.57. The van der Waals surface area contributed by atoms with Crippen molar-refractivity contribution >= 4 is 39.0 Å². The van der Waals surface area contributed by atoms with Gasteiger partial charge in [-0.15, -0.1) is 11.3 Å². The van der Waals surface area contributed by atoms with Gasteiger partial charge in [-0.1, -0.05) is 0 Å². The van der Waals surface area contributed by atoms with Gasteiger partial charge in [-0.25, -0.2) is 4.79 Å². The molecule has 0 atom stereocenters. The van der Waals surface area contributed by atoms with E-state index in [0.717, 1.165) is 4.88 Å². The van der Waals surface area contributed by atoms with E-state index in [1.807, 2.05) is 13.0 Å². The Morgan fingerprint density at radius 1 is 1.38 bits per heavy atom. The molecule has 0 saturated carbocycles. The number of carbonyl (C=O) groups is 1. The maximum absolute atomic E-state index is 12.3. The van der Waals surface area contributed by atoms with Gasteiger partial charge >= 0.3 is 5.69 Å². The average Bonchev–Trinajstić information content (AvgIpc) is 2.94. The van der Waals surface area contributed by atoms with Gasteiger partial charge in [-0.05, 0) is 37.3 Å². The second-order valence-corrected chi connectivity index (χ2v) is 6.45. The van der Waals surface area contributed by atoms with Crippen LogP contribution < -0.4 is 21.5 Å². The Hall–Kier alpha value is -2.87. The molecule has 124 valence electrons. The first-order valence-electron chi connectivity index (χ1n) is 7.18. The summed E-state index contributed by atoms with van der Waals surface area (Å²) in [5.74, 6) is 0.565. The van der Waals surface area contributed by atoms with Gasteiger partial charge in [0.15, 0.2) is 0 Å². The minimum absolute atomic E-state index is 0.130. The van der Waals surface area contributed by atoms with Gasteiger partial charge in [0, 0.05) is 10.6 Å². The lowest BCUT2D eigenvalue weighted by Crippen LogP contribution is -2.29. The number of benzene rings is 1. The van der Waals surface area contributed by atoms with Crippen molar-refractivity contribution in [2.75, 3.05) is 18.2 Å². The molecule has 0 radical (unpaired) electrons. The van der Waals surface area contributed by atoms with Gasteiger partial charge < -0.3 is 15.8 Å². The minimum atomic E-state index is -0.535. The first-order valence-corrected chi connectivity index (χ1v) is 8.00. The molecule has 3 N–H and O–H groups in total. The zero-order valence-electron chi connectivity index (χ0n) is 13.2. The number of anilines is 2. The third kappa shape index (κ3) is 3.09. The van der Waals surface area contributed by atoms with Crippen molar-refractivity contribution in [2.24, 2.45) is 0 Å². The fraction of sp³-hybridized carbons (Fsp3) is 0.188. The second-order valence-electron chi connectivity index (χ2n) is 5.22. The molecule has 2 heterocycles. The Morgan fingerprint density at radius 3 is 2.75 bits per heavy atom. The Labute approximate surface area is 141 Å². The number of methoxy groups -OCH3 is 1. The number of nitrogen functional groups attached to an aromatic ring is 1. The Balaban J connectivity index is 1.86. The molecule has 0 bridgehead atoms. The number of nitrogens with zero attached hydrogens (tertiary/aromatic N) is 2. The van der Waals surface area contributed by atoms with Gasteiger partial charge in [-0.2, -0.15) is 4.98 Å². The largest absolute Gasteiger partial charge is 0.497 e. The normalized spacial score (nSPS) is 10.8. The van der Waals surface area contributed by atoms with Crippen molar-refractivity contribution in [3.63, 3.8) is 0 Å². The Morgan fingerprint density at radius 2 is 2.08 bits per heavy atom. The van der Waals surface area contributed by atoms with Crippen molar-refractivity contribution in [1.29, 1.82) is 0 Å². The molecule has 8 heteroatoms. The number of fused-ring (bicyclic) bond motifs is 1. The van der Waals surface area contributed by atoms with Crippen LogP contribution in [0.4, 0.5) is 11.5 Å². The summed E-state index contributed by atoms with van der Waals surface area (Å²) in [6.45, 7) is 1.78. The number of aromatic nitrogens is 2. The van der Waals surface area contributed by atoms with E-state index >= 15 is 0 Å². The molecular weight excluding hydrogens is 328 g/mol. The van der Waals surface area contributed by atoms with Gasteiger partial charge in [0.05, 0.1) is 12.5 Å². The van der Waals surface area contributed by atoms with Crippen LogP contribution in [0.3, 0.4) is 0 Å². The number of hydrogen-bond donors (Lipinski definition) is 2. The van der Waals surface area contributed by atoms with Crippen molar-refractivity contribution in [1.82, 2.24) is 9.55 Å². The summed E-state index contributed by atoms with van der Waals surface area (Å²) in [6, 6.07) is 8.80. The fourth-order valence-electron chi connectivity index (χ4n) is 2.35. The zero-order chi connectivity index (χ0) is 17.3. The maximum atomic E-state index is 12.3. The lowest BCUT2D eigenvalue weighted by atomic mass is 10.3. The van der Waals surface area contributed by atoms with Gasteiger partial charge in [0.2, 0.25) is 5.91 Å². The summed E-state index contributed by atoms with van der Waals surface area (Å²) < 4.78 is 6.41. The highest BCUT2D eigenvalue weighted by molar-refractivity contribution is 7.18. The number of nitrogens with one attached hydrogen (secondary N) is 1. The highest BCUT2D eigenvalue weighted by atomic mass is 32.1. The highest BCUT2D eigenvalue weighted by Gasteiger charge is 2.14. The zero-order valence-corrected chi connectivity index (χ0v) is 14.0. The van der Waals surface area contributed by atoms with Crippen LogP contribution >= 0.6 is 11.3 Å². The summed E-state index contributed by atoms with van der Waals surface area (Å²) >= 11 is 1.41. The van der Waals surface area contributed by atoms with Gasteiger partial charge in [-0.3, -0.25) is 9.36 Å². The van der Waals surface area contributed by atoms with Crippen molar-refractivity contribution < 1.29 is 9.53 Å². The molecule has 0 unspecified atom stereocenters. The lowest BCUT2D eigenvalue weighted by molar-refractivity contribution is -0.116. The van der Waals surface area contributed by atoms with E-state index in [1.165, 1.54) is 15.9 Å². The van der Waals surface area contributed by atoms with E-state index < -0.39 is 5.69 Å². The van der Waals surface area contributed by atoms with E-state index in [0.29, 0.717) is 21.7 Å². The Bertz CT molecular complexity index is 960. The number of rotatable bonds is 4. The maximum Gasteiger partial charge on any atom is 0.351 e. The third-order valence-corrected chi connectivity index (χ3v) is 4.55. The number of hydrogen-bond acceptors (Lipinski definition) is 6. The molecule has 0 aliphatic rings. The molecule has 3 rings (SSSR count). The number of carbonyl (C=O) groups excluding carboxylic acids is 1. The fourth-order valence-corrected chi connectivity index (χ4v) is 3.36. The summed E-state index contributed by atoms with van der Waals surface area (Å²) in [4.78, 5) is 29.8. The van der Waals surface area contributed by atoms with Crippen LogP contribution in [-0.4, -0.2) is 22.6 Å². The molecule has 1 amide bonds. The number of aryl methyl sites for hydroxylation is 1. The topological polar surface area (TPSA) is 99.2 Å². The molecule has 2 aromatic heterocycles. The number of nitrogens with two attached hydrogens (primary N) is 1. The standard InChI is InChI=1S/C16H16N4O3S/c1-9-7-12-14(17)19-16(22)20(15(12)24-9)8-13(21)18-10-3-5-11(23-2)6-4-10/h3-7H,8H2,1-2H3,(H,18,21)(H2,17,19,22). The first-order chi connectivity index (χ1) is 11.5. The SMILES string of the molecule is COc1ccc(NC(=O)Cn2c(=O)nc(N)c3cc(C)sc32)cc1. The molecule has 0 aliphatic heterocycles. The van der Waals surface area contributed by atoms with E-state index in [2.05, 4.69) is 10.3 Å². The molecule has 24 heavy (non-hydrogen) atoms. The third-order valence-electron chi connectivity index (χ3n) is 3.48. The van der Waals surface area contributed by atoms with Crippen molar-refractivity contribution in [2.45, 2.75) is 13.5 Å². The summed E-state index contributed by atoms with van der Waals surface area (Å²) in [5.41, 5.74) is 5.88. The molecule has 1 aromatic carbocycles. The highest BCUT2D eigenvalue weighted by Crippen LogP contribution is 2.26. The first kappa shape index (κ1) is 16.0. The van der Waals surface area contributed by atoms with Gasteiger partial charge in [0.1, 0.15) is 22.9 Å². The van der Waals surface area contributed by atoms with E-state index in [9.17, 15) is 9.59 Å². The van der Waals surface area contributed by atoms with Gasteiger partial charge in [0.25, 0.3) is 0 Å². The minimum Gasteiger partial charge on any atom is -0.497 e. The molecule has 0 aliphatic carbocycles. The van der Waals surface area contributed by atoms with Crippen LogP contribution in [0.5, 0.6) is 5.75 Å². The van der Waals surface area contributed by atoms with E-state index in [-0.39, 0.29) is 18.3 Å². The van der Waals surface area contributed by atoms with Crippen LogP contribution in [0.1, 0.15) is 4.88 Å². The molecular formula is C16H16N4O3S. The summed E-state index contributed by atoms with van der Waals surface area (Å²) in [5, 5.41) is 3.44. The van der Waals surface area contributed by atoms with Crippen LogP contribution in [-0.2, 0) is 11.3 Å². The predicted molar refractivity (Wildman–Crippen MR) is 94.7 cm³/mol. The smallest absolute Gasteiger partial charge is 0.351 e. The second kappa shape index (κ2) is 6.32. The van der Waals surface area contributed by atoms with Crippen molar-refractivity contribution in [3.05, 3.63) is 45.7 Å². The molecule has 0 spiro atoms. The van der Waals surface area contributed by atoms with Crippen LogP contribution in [0, 0.1) is 6.92 Å². The molecule has 0 fully saturated rings.